The summed E-state index contributed by atoms with van der Waals surface area (Å²) in [6.45, 7) is -0.776. The third-order valence-corrected chi connectivity index (χ3v) is 8.40. The Kier molecular flexibility index (Phi) is 11.5. The second-order valence-electron chi connectivity index (χ2n) is 10.6. The van der Waals surface area contributed by atoms with Crippen LogP contribution >= 0.6 is 7.82 Å². The quantitative estimate of drug-likeness (QED) is 0.0464. The van der Waals surface area contributed by atoms with E-state index in [1.807, 2.05) is 0 Å². The molecule has 1 aromatic heterocycles. The van der Waals surface area contributed by atoms with Crippen LogP contribution in [0.15, 0.2) is 20.9 Å². The summed E-state index contributed by atoms with van der Waals surface area (Å²) >= 11 is 0. The highest BCUT2D eigenvalue weighted by Crippen LogP contribution is 2.45. The van der Waals surface area contributed by atoms with Crippen molar-refractivity contribution in [1.29, 1.82) is 0 Å². The molecule has 2 unspecified atom stereocenters. The Morgan fingerprint density at radius 1 is 0.933 bits per heavy atom. The average Bonchev–Trinajstić information content (AvgIpc) is 3.39. The van der Waals surface area contributed by atoms with E-state index in [4.69, 9.17) is 33.5 Å². The number of hydrogen-bond donors (Lipinski definition) is 9. The number of azide groups is 1. The van der Waals surface area contributed by atoms with Crippen LogP contribution in [0.1, 0.15) is 18.2 Å². The number of aliphatic hydroxyl groups excluding tert-OH is 7. The lowest BCUT2D eigenvalue weighted by Gasteiger charge is -2.42. The van der Waals surface area contributed by atoms with Crippen molar-refractivity contribution in [2.75, 3.05) is 19.8 Å². The number of nitrogens with zero attached hydrogens (tertiary/aromatic N) is 4. The van der Waals surface area contributed by atoms with E-state index in [2.05, 4.69) is 15.0 Å². The van der Waals surface area contributed by atoms with Gasteiger partial charge in [-0.15, -0.1) is 0 Å². The summed E-state index contributed by atoms with van der Waals surface area (Å²) in [4.78, 5) is 38.9. The number of phosphoric acid groups is 1. The second-order valence-corrected chi connectivity index (χ2v) is 12.0. The zero-order chi connectivity index (χ0) is 33.2. The molecule has 0 spiro atoms. The highest BCUT2D eigenvalue weighted by Gasteiger charge is 2.48. The van der Waals surface area contributed by atoms with Gasteiger partial charge in [0.05, 0.1) is 32.0 Å². The van der Waals surface area contributed by atoms with E-state index < -0.39 is 119 Å². The van der Waals surface area contributed by atoms with Crippen molar-refractivity contribution in [3.05, 3.63) is 43.0 Å². The minimum absolute atomic E-state index is 0.0504. The van der Waals surface area contributed by atoms with Gasteiger partial charge in [-0.05, 0) is 12.5 Å². The number of ether oxygens (including phenoxy) is 4. The van der Waals surface area contributed by atoms with Gasteiger partial charge < -0.3 is 59.6 Å². The summed E-state index contributed by atoms with van der Waals surface area (Å²) in [5, 5.41) is 73.5. The van der Waals surface area contributed by atoms with Gasteiger partial charge >= 0.3 is 13.5 Å². The number of aliphatic hydroxyl groups is 7. The Morgan fingerprint density at radius 2 is 1.53 bits per heavy atom. The molecule has 3 saturated heterocycles. The fourth-order valence-electron chi connectivity index (χ4n) is 4.85. The largest absolute Gasteiger partial charge is 0.472 e. The van der Waals surface area contributed by atoms with E-state index in [-0.39, 0.29) is 12.0 Å². The van der Waals surface area contributed by atoms with Gasteiger partial charge in [-0.3, -0.25) is 23.4 Å². The van der Waals surface area contributed by atoms with Crippen LogP contribution in [0.5, 0.6) is 0 Å². The first kappa shape index (κ1) is 35.5. The molecule has 22 nitrogen and oxygen atoms in total. The number of aromatic nitrogens is 2. The van der Waals surface area contributed by atoms with Crippen LogP contribution < -0.4 is 11.2 Å². The highest BCUT2D eigenvalue weighted by molar-refractivity contribution is 7.47. The number of aromatic amines is 1. The summed E-state index contributed by atoms with van der Waals surface area (Å²) in [5.41, 5.74) is 7.70. The molecule has 0 saturated carbocycles. The Bertz CT molecular complexity index is 1390. The predicted molar refractivity (Wildman–Crippen MR) is 141 cm³/mol. The summed E-state index contributed by atoms with van der Waals surface area (Å²) in [6, 6.07) is -0.964. The Morgan fingerprint density at radius 3 is 2.18 bits per heavy atom. The third kappa shape index (κ3) is 8.15. The second kappa shape index (κ2) is 14.6. The normalized spacial score (nSPS) is 40.1. The van der Waals surface area contributed by atoms with E-state index in [9.17, 15) is 54.8 Å². The van der Waals surface area contributed by atoms with Crippen molar-refractivity contribution in [3.8, 4) is 0 Å². The van der Waals surface area contributed by atoms with E-state index >= 15 is 0 Å². The van der Waals surface area contributed by atoms with Crippen LogP contribution in [0.2, 0.25) is 0 Å². The molecule has 23 heteroatoms. The van der Waals surface area contributed by atoms with E-state index in [1.54, 1.807) is 0 Å². The van der Waals surface area contributed by atoms with Gasteiger partial charge in [0.2, 0.25) is 0 Å². The number of nitrogens with one attached hydrogen (secondary N) is 1. The number of aryl methyl sites for hydroxylation is 1. The lowest BCUT2D eigenvalue weighted by Crippen LogP contribution is -2.61. The summed E-state index contributed by atoms with van der Waals surface area (Å²) in [7, 11) is -4.96. The molecular weight excluding hydrogens is 637 g/mol. The van der Waals surface area contributed by atoms with Gasteiger partial charge in [-0.2, -0.15) is 0 Å². The summed E-state index contributed by atoms with van der Waals surface area (Å²) in [5.74, 6) is 0. The first-order valence-electron chi connectivity index (χ1n) is 13.5. The van der Waals surface area contributed by atoms with Gasteiger partial charge in [0.15, 0.2) is 12.6 Å². The monoisotopic (exact) mass is 671 g/mol. The molecule has 14 atom stereocenters. The van der Waals surface area contributed by atoms with E-state index in [1.165, 1.54) is 13.1 Å². The predicted octanol–water partition coefficient (Wildman–Crippen LogP) is -4.43. The zero-order valence-corrected chi connectivity index (χ0v) is 24.3. The van der Waals surface area contributed by atoms with Gasteiger partial charge in [0.1, 0.15) is 55.1 Å². The van der Waals surface area contributed by atoms with Gasteiger partial charge in [-0.1, -0.05) is 5.11 Å². The van der Waals surface area contributed by atoms with Crippen LogP contribution in [-0.2, 0) is 32.6 Å². The first-order chi connectivity index (χ1) is 21.1. The molecule has 0 aromatic carbocycles. The van der Waals surface area contributed by atoms with Crippen molar-refractivity contribution < 1.29 is 73.2 Å². The van der Waals surface area contributed by atoms with Crippen molar-refractivity contribution in [2.45, 2.75) is 93.1 Å². The molecule has 0 amide bonds. The van der Waals surface area contributed by atoms with Crippen molar-refractivity contribution in [1.82, 2.24) is 9.55 Å². The lowest BCUT2D eigenvalue weighted by molar-refractivity contribution is -0.325. The Hall–Kier alpha value is -2.34. The molecule has 4 heterocycles. The number of H-pyrrole nitrogens is 1. The average molecular weight is 672 g/mol. The third-order valence-electron chi connectivity index (χ3n) is 7.44. The maximum atomic E-state index is 12.6. The van der Waals surface area contributed by atoms with E-state index in [0.717, 1.165) is 4.57 Å². The molecule has 9 N–H and O–H groups in total. The lowest BCUT2D eigenvalue weighted by atomic mass is 9.98. The topological polar surface area (TPSA) is 338 Å². The van der Waals surface area contributed by atoms with E-state index in [0.29, 0.717) is 0 Å². The molecular formula is C22H34N5O17P. The maximum Gasteiger partial charge on any atom is 0.472 e. The van der Waals surface area contributed by atoms with Gasteiger partial charge in [0.25, 0.3) is 5.56 Å². The van der Waals surface area contributed by atoms with Crippen LogP contribution in [-0.4, -0.2) is 144 Å². The molecule has 0 radical (unpaired) electrons. The molecule has 3 aliphatic heterocycles. The Labute approximate surface area is 252 Å². The molecule has 0 bridgehead atoms. The highest BCUT2D eigenvalue weighted by atomic mass is 31.2. The molecule has 254 valence electrons. The smallest absolute Gasteiger partial charge is 0.387 e. The fraction of sp³-hybridized carbons (Fsp3) is 0.818. The molecule has 45 heavy (non-hydrogen) atoms. The first-order valence-corrected chi connectivity index (χ1v) is 15.0. The minimum atomic E-state index is -4.96. The van der Waals surface area contributed by atoms with Crippen molar-refractivity contribution in [2.24, 2.45) is 5.11 Å². The fourth-order valence-corrected chi connectivity index (χ4v) is 5.59. The standard InChI is InChI=1S/C22H34N5O17P/c1-7-3-27(22(36)24-19(7)34)12-2-8(25-26-23)9(42-12)5-40-45(37,38)41-6-11-14(29)16(31)18(33)21(44-11)39-4-10-13(28)15(30)17(32)20(35)43-10/h3,8-18,20-21,28-33,35H,2,4-6H2,1H3,(H,37,38)(H,24,34,36)/t8-,9+,10+,11+,12+,13+,14-,15-,16-,17+,18+,20?,21-/m0/s1. The molecule has 0 aliphatic carbocycles. The van der Waals surface area contributed by atoms with Gasteiger partial charge in [-0.25, -0.2) is 9.36 Å². The SMILES string of the molecule is Cc1cn([C@H]2C[C@H](N=[N+]=[N-])[C@@H](COP(=O)(O)OC[C@H]3O[C@H](OC[C@H]4OC(O)[C@H](O)[C@@H](O)[C@@H]4O)[C@H](O)[C@@H](O)[C@H]3O)O2)c(=O)[nH]c1=O. The summed E-state index contributed by atoms with van der Waals surface area (Å²) < 4.78 is 44.8. The minimum Gasteiger partial charge on any atom is -0.387 e. The van der Waals surface area contributed by atoms with Crippen molar-refractivity contribution in [3.63, 3.8) is 0 Å². The molecule has 3 aliphatic rings. The number of rotatable bonds is 11. The number of hydrogen-bond acceptors (Lipinski definition) is 17. The zero-order valence-electron chi connectivity index (χ0n) is 23.4. The number of phosphoric ester groups is 1. The molecule has 3 fully saturated rings. The van der Waals surface area contributed by atoms with Crippen LogP contribution in [0, 0.1) is 6.92 Å². The maximum absolute atomic E-state index is 12.6. The molecule has 1 aromatic rings. The van der Waals surface area contributed by atoms with Crippen molar-refractivity contribution >= 4 is 7.82 Å². The molecule has 4 rings (SSSR count). The summed E-state index contributed by atoms with van der Waals surface area (Å²) in [6.07, 6.45) is -18.6. The van der Waals surface area contributed by atoms with Crippen LogP contribution in [0.25, 0.3) is 10.4 Å². The van der Waals surface area contributed by atoms with Crippen LogP contribution in [0.4, 0.5) is 0 Å². The van der Waals surface area contributed by atoms with Crippen LogP contribution in [0.3, 0.4) is 0 Å². The van der Waals surface area contributed by atoms with Gasteiger partial charge in [0, 0.05) is 23.1 Å². The Balaban J connectivity index is 1.33.